The Balaban J connectivity index is 2.07. The van der Waals surface area contributed by atoms with Gasteiger partial charge in [-0.05, 0) is 42.8 Å². The van der Waals surface area contributed by atoms with E-state index < -0.39 is 17.9 Å². The second-order valence-corrected chi connectivity index (χ2v) is 5.50. The molecule has 4 nitrogen and oxygen atoms in total. The predicted octanol–water partition coefficient (Wildman–Crippen LogP) is 4.47. The Bertz CT molecular complexity index is 963. The van der Waals surface area contributed by atoms with Crippen molar-refractivity contribution < 1.29 is 26.8 Å². The molecule has 0 N–H and O–H groups in total. The highest BCUT2D eigenvalue weighted by molar-refractivity contribution is 5.98. The summed E-state index contributed by atoms with van der Waals surface area (Å²) in [5.41, 5.74) is 1.57. The number of anilines is 1. The first-order valence-corrected chi connectivity index (χ1v) is 7.19. The molecule has 2 aromatic carbocycles. The fourth-order valence-electron chi connectivity index (χ4n) is 2.43. The number of aromatic nitrogens is 1. The molecule has 1 heterocycles. The van der Waals surface area contributed by atoms with Gasteiger partial charge < -0.3 is 9.32 Å². The molecule has 0 atom stereocenters. The summed E-state index contributed by atoms with van der Waals surface area (Å²) in [4.78, 5) is 16.1. The number of alkyl halides is 3. The smallest absolute Gasteiger partial charge is 0.436 e. The van der Waals surface area contributed by atoms with Crippen LogP contribution >= 0.6 is 0 Å². The Morgan fingerprint density at radius 1 is 1.20 bits per heavy atom. The Labute approximate surface area is 139 Å². The number of hydrogen-bond acceptors (Lipinski definition) is 3. The van der Waals surface area contributed by atoms with Crippen LogP contribution < -0.4 is 4.90 Å². The number of halogens is 4. The number of nitrogens with zero attached hydrogens (tertiary/aromatic N) is 2. The molecule has 1 amide bonds. The molecule has 0 saturated carbocycles. The van der Waals surface area contributed by atoms with Gasteiger partial charge in [-0.3, -0.25) is 4.79 Å². The minimum atomic E-state index is -4.98. The van der Waals surface area contributed by atoms with E-state index in [1.807, 2.05) is 0 Å². The lowest BCUT2D eigenvalue weighted by Crippen LogP contribution is -2.38. The molecule has 0 fully saturated rings. The molecule has 8 heteroatoms. The van der Waals surface area contributed by atoms with Crippen LogP contribution in [0.2, 0.25) is 0 Å². The summed E-state index contributed by atoms with van der Waals surface area (Å²) in [7, 11) is 1.03. The fraction of sp³-hybridized carbons (Fsp3) is 0.176. The van der Waals surface area contributed by atoms with Crippen LogP contribution in [0.4, 0.5) is 23.2 Å². The van der Waals surface area contributed by atoms with Gasteiger partial charge in [-0.1, -0.05) is 6.07 Å². The summed E-state index contributed by atoms with van der Waals surface area (Å²) in [6.07, 6.45) is -4.98. The van der Waals surface area contributed by atoms with Gasteiger partial charge in [0, 0.05) is 18.3 Å². The van der Waals surface area contributed by atoms with E-state index in [2.05, 4.69) is 4.98 Å². The predicted molar refractivity (Wildman–Crippen MR) is 83.6 cm³/mol. The van der Waals surface area contributed by atoms with Crippen molar-refractivity contribution in [2.45, 2.75) is 13.1 Å². The summed E-state index contributed by atoms with van der Waals surface area (Å²) in [5.74, 6) is -2.31. The molecule has 0 aliphatic rings. The molecule has 0 saturated heterocycles. The van der Waals surface area contributed by atoms with Crippen molar-refractivity contribution in [3.63, 3.8) is 0 Å². The molecular formula is C17H12F4N2O2. The monoisotopic (exact) mass is 352 g/mol. The van der Waals surface area contributed by atoms with Gasteiger partial charge in [-0.2, -0.15) is 13.2 Å². The quantitative estimate of drug-likeness (QED) is 0.640. The molecule has 0 unspecified atom stereocenters. The van der Waals surface area contributed by atoms with Crippen molar-refractivity contribution in [3.05, 3.63) is 47.8 Å². The van der Waals surface area contributed by atoms with E-state index in [0.29, 0.717) is 21.6 Å². The molecule has 25 heavy (non-hydrogen) atoms. The Morgan fingerprint density at radius 3 is 2.56 bits per heavy atom. The van der Waals surface area contributed by atoms with Gasteiger partial charge in [-0.15, -0.1) is 0 Å². The van der Waals surface area contributed by atoms with Crippen LogP contribution in [-0.2, 0) is 4.79 Å². The van der Waals surface area contributed by atoms with Gasteiger partial charge in [0.25, 0.3) is 0 Å². The molecule has 0 radical (unpaired) electrons. The van der Waals surface area contributed by atoms with Crippen molar-refractivity contribution in [2.24, 2.45) is 0 Å². The molecule has 3 rings (SSSR count). The molecular weight excluding hydrogens is 340 g/mol. The second kappa shape index (κ2) is 5.87. The third-order valence-electron chi connectivity index (χ3n) is 3.67. The zero-order valence-corrected chi connectivity index (χ0v) is 13.2. The molecule has 0 spiro atoms. The van der Waals surface area contributed by atoms with Crippen LogP contribution in [0.5, 0.6) is 0 Å². The molecule has 3 aromatic rings. The average Bonchev–Trinajstić information content (AvgIpc) is 2.97. The van der Waals surface area contributed by atoms with Crippen molar-refractivity contribution >= 4 is 22.7 Å². The Hall–Kier alpha value is -2.90. The summed E-state index contributed by atoms with van der Waals surface area (Å²) < 4.78 is 56.7. The average molecular weight is 352 g/mol. The second-order valence-electron chi connectivity index (χ2n) is 5.50. The zero-order chi connectivity index (χ0) is 18.4. The van der Waals surface area contributed by atoms with Gasteiger partial charge in [0.15, 0.2) is 5.58 Å². The molecule has 130 valence electrons. The summed E-state index contributed by atoms with van der Waals surface area (Å²) in [6, 6.07) is 8.31. The molecule has 0 bridgehead atoms. The van der Waals surface area contributed by atoms with E-state index in [9.17, 15) is 22.4 Å². The number of amides is 1. The third-order valence-corrected chi connectivity index (χ3v) is 3.67. The van der Waals surface area contributed by atoms with Crippen LogP contribution in [0.1, 0.15) is 5.56 Å². The number of fused-ring (bicyclic) bond motifs is 1. The highest BCUT2D eigenvalue weighted by Crippen LogP contribution is 2.31. The maximum Gasteiger partial charge on any atom is 0.471 e. The maximum absolute atomic E-state index is 13.3. The number of carbonyl (C=O) groups is 1. The highest BCUT2D eigenvalue weighted by Gasteiger charge is 2.41. The number of rotatable bonds is 2. The lowest BCUT2D eigenvalue weighted by molar-refractivity contribution is -0.170. The van der Waals surface area contributed by atoms with Crippen LogP contribution in [0.3, 0.4) is 0 Å². The van der Waals surface area contributed by atoms with Crippen LogP contribution in [0.15, 0.2) is 40.8 Å². The topological polar surface area (TPSA) is 46.3 Å². The lowest BCUT2D eigenvalue weighted by Gasteiger charge is -2.19. The maximum atomic E-state index is 13.3. The molecule has 0 aliphatic carbocycles. The highest BCUT2D eigenvalue weighted by atomic mass is 19.4. The third kappa shape index (κ3) is 3.19. The van der Waals surface area contributed by atoms with Crippen molar-refractivity contribution in [2.75, 3.05) is 11.9 Å². The van der Waals surface area contributed by atoms with E-state index in [1.54, 1.807) is 13.0 Å². The summed E-state index contributed by atoms with van der Waals surface area (Å²) in [5, 5.41) is 0. The standard InChI is InChI=1S/C17H12F4N2O2/c1-9-6-12(23(2)16(24)17(19,20)21)8-13-14(9)25-15(22-13)10-4-3-5-11(18)7-10/h3-8H,1-2H3. The largest absolute Gasteiger partial charge is 0.471 e. The SMILES string of the molecule is Cc1cc(N(C)C(=O)C(F)(F)F)cc2nc(-c3cccc(F)c3)oc12. The minimum Gasteiger partial charge on any atom is -0.436 e. The Morgan fingerprint density at radius 2 is 1.92 bits per heavy atom. The summed E-state index contributed by atoms with van der Waals surface area (Å²) in [6.45, 7) is 1.62. The number of benzene rings is 2. The number of hydrogen-bond donors (Lipinski definition) is 0. The van der Waals surface area contributed by atoms with Crippen molar-refractivity contribution in [3.8, 4) is 11.5 Å². The van der Waals surface area contributed by atoms with Gasteiger partial charge in [-0.25, -0.2) is 9.37 Å². The first-order valence-electron chi connectivity index (χ1n) is 7.19. The summed E-state index contributed by atoms with van der Waals surface area (Å²) >= 11 is 0. The first-order chi connectivity index (χ1) is 11.7. The van der Waals surface area contributed by atoms with E-state index >= 15 is 0 Å². The van der Waals surface area contributed by atoms with Gasteiger partial charge in [0.05, 0.1) is 0 Å². The normalized spacial score (nSPS) is 11.8. The van der Waals surface area contributed by atoms with Crippen LogP contribution in [-0.4, -0.2) is 24.1 Å². The minimum absolute atomic E-state index is 0.0337. The van der Waals surface area contributed by atoms with Crippen molar-refractivity contribution in [1.29, 1.82) is 0 Å². The molecule has 1 aromatic heterocycles. The van der Waals surface area contributed by atoms with E-state index in [4.69, 9.17) is 4.42 Å². The van der Waals surface area contributed by atoms with Crippen LogP contribution in [0.25, 0.3) is 22.6 Å². The molecule has 0 aliphatic heterocycles. The lowest BCUT2D eigenvalue weighted by atomic mass is 10.2. The Kier molecular flexibility index (Phi) is 3.98. The van der Waals surface area contributed by atoms with E-state index in [0.717, 1.165) is 7.05 Å². The fourth-order valence-corrected chi connectivity index (χ4v) is 2.43. The van der Waals surface area contributed by atoms with Gasteiger partial charge >= 0.3 is 12.1 Å². The van der Waals surface area contributed by atoms with Crippen molar-refractivity contribution in [1.82, 2.24) is 4.98 Å². The zero-order valence-electron chi connectivity index (χ0n) is 13.2. The van der Waals surface area contributed by atoms with Gasteiger partial charge in [0.1, 0.15) is 11.3 Å². The number of carbonyl (C=O) groups excluding carboxylic acids is 1. The van der Waals surface area contributed by atoms with E-state index in [1.165, 1.54) is 30.3 Å². The van der Waals surface area contributed by atoms with E-state index in [-0.39, 0.29) is 17.1 Å². The van der Waals surface area contributed by atoms with Gasteiger partial charge in [0.2, 0.25) is 5.89 Å². The first kappa shape index (κ1) is 16.9. The number of oxazole rings is 1. The van der Waals surface area contributed by atoms with Crippen LogP contribution in [0, 0.1) is 12.7 Å². The number of aryl methyl sites for hydroxylation is 1.